The SMILES string of the molecule is CNc1cc(NC(C)Cc2ccsc2)nc(COC)n1. The van der Waals surface area contributed by atoms with Crippen molar-refractivity contribution in [1.29, 1.82) is 0 Å². The number of thiophene rings is 1. The van der Waals surface area contributed by atoms with Crippen molar-refractivity contribution in [1.82, 2.24) is 9.97 Å². The van der Waals surface area contributed by atoms with E-state index in [9.17, 15) is 0 Å². The Kier molecular flexibility index (Phi) is 5.31. The zero-order valence-electron chi connectivity index (χ0n) is 12.0. The van der Waals surface area contributed by atoms with Gasteiger partial charge in [-0.1, -0.05) is 0 Å². The standard InChI is InChI=1S/C14H20N4OS/c1-10(6-11-4-5-20-9-11)16-13-7-12(15-2)17-14(18-13)8-19-3/h4-5,7,9-10H,6,8H2,1-3H3,(H2,15,16,17,18). The molecular formula is C14H20N4OS. The summed E-state index contributed by atoms with van der Waals surface area (Å²) in [6, 6.07) is 4.36. The molecule has 0 aliphatic rings. The van der Waals surface area contributed by atoms with Crippen LogP contribution in [-0.4, -0.2) is 30.2 Å². The minimum absolute atomic E-state index is 0.305. The van der Waals surface area contributed by atoms with Gasteiger partial charge >= 0.3 is 0 Å². The molecule has 5 nitrogen and oxygen atoms in total. The number of hydrogen-bond acceptors (Lipinski definition) is 6. The molecule has 0 amide bonds. The van der Waals surface area contributed by atoms with Crippen LogP contribution >= 0.6 is 11.3 Å². The first-order chi connectivity index (χ1) is 9.71. The number of nitrogens with zero attached hydrogens (tertiary/aromatic N) is 2. The van der Waals surface area contributed by atoms with Crippen molar-refractivity contribution in [3.05, 3.63) is 34.3 Å². The van der Waals surface area contributed by atoms with Crippen molar-refractivity contribution >= 4 is 23.0 Å². The van der Waals surface area contributed by atoms with E-state index >= 15 is 0 Å². The van der Waals surface area contributed by atoms with Crippen LogP contribution in [0.2, 0.25) is 0 Å². The molecule has 0 aliphatic heterocycles. The molecule has 0 spiro atoms. The first kappa shape index (κ1) is 14.7. The molecule has 2 aromatic rings. The molecule has 0 saturated heterocycles. The van der Waals surface area contributed by atoms with Gasteiger partial charge < -0.3 is 15.4 Å². The Hall–Kier alpha value is -1.66. The molecule has 6 heteroatoms. The lowest BCUT2D eigenvalue weighted by Gasteiger charge is -2.15. The molecule has 20 heavy (non-hydrogen) atoms. The summed E-state index contributed by atoms with van der Waals surface area (Å²) < 4.78 is 5.09. The van der Waals surface area contributed by atoms with Gasteiger partial charge in [0, 0.05) is 26.3 Å². The number of hydrogen-bond donors (Lipinski definition) is 2. The van der Waals surface area contributed by atoms with E-state index in [1.807, 2.05) is 13.1 Å². The maximum atomic E-state index is 5.09. The topological polar surface area (TPSA) is 59.1 Å². The fourth-order valence-corrected chi connectivity index (χ4v) is 2.64. The van der Waals surface area contributed by atoms with Crippen molar-refractivity contribution in [2.45, 2.75) is 26.0 Å². The van der Waals surface area contributed by atoms with Gasteiger partial charge in [-0.15, -0.1) is 0 Å². The number of anilines is 2. The molecule has 0 fully saturated rings. The largest absolute Gasteiger partial charge is 0.377 e. The van der Waals surface area contributed by atoms with Gasteiger partial charge in [0.25, 0.3) is 0 Å². The van der Waals surface area contributed by atoms with Crippen molar-refractivity contribution in [3.8, 4) is 0 Å². The quantitative estimate of drug-likeness (QED) is 0.822. The van der Waals surface area contributed by atoms with E-state index in [1.54, 1.807) is 18.4 Å². The normalized spacial score (nSPS) is 12.2. The van der Waals surface area contributed by atoms with E-state index in [0.717, 1.165) is 18.1 Å². The molecule has 0 saturated carbocycles. The summed E-state index contributed by atoms with van der Waals surface area (Å²) in [6.45, 7) is 2.55. The number of methoxy groups -OCH3 is 1. The Morgan fingerprint density at radius 2 is 2.15 bits per heavy atom. The molecule has 1 atom stereocenters. The number of rotatable bonds is 7. The highest BCUT2D eigenvalue weighted by atomic mass is 32.1. The molecule has 2 rings (SSSR count). The van der Waals surface area contributed by atoms with Crippen molar-refractivity contribution in [2.24, 2.45) is 0 Å². The Morgan fingerprint density at radius 1 is 1.35 bits per heavy atom. The summed E-state index contributed by atoms with van der Waals surface area (Å²) in [6.07, 6.45) is 0.974. The van der Waals surface area contributed by atoms with Crippen LogP contribution in [-0.2, 0) is 17.8 Å². The average Bonchev–Trinajstić information content (AvgIpc) is 2.91. The van der Waals surface area contributed by atoms with Crippen LogP contribution in [0.3, 0.4) is 0 Å². The summed E-state index contributed by atoms with van der Waals surface area (Å²) in [5.41, 5.74) is 1.34. The van der Waals surface area contributed by atoms with Gasteiger partial charge in [0.05, 0.1) is 0 Å². The van der Waals surface area contributed by atoms with Crippen LogP contribution < -0.4 is 10.6 Å². The molecule has 108 valence electrons. The lowest BCUT2D eigenvalue weighted by atomic mass is 10.1. The third kappa shape index (κ3) is 4.18. The van der Waals surface area contributed by atoms with E-state index < -0.39 is 0 Å². The Morgan fingerprint density at radius 3 is 2.80 bits per heavy atom. The van der Waals surface area contributed by atoms with Crippen molar-refractivity contribution in [3.63, 3.8) is 0 Å². The second-order valence-corrected chi connectivity index (χ2v) is 5.40. The zero-order valence-corrected chi connectivity index (χ0v) is 12.8. The molecule has 0 aliphatic carbocycles. The minimum Gasteiger partial charge on any atom is -0.377 e. The van der Waals surface area contributed by atoms with Gasteiger partial charge in [0.15, 0.2) is 5.82 Å². The monoisotopic (exact) mass is 292 g/mol. The highest BCUT2D eigenvalue weighted by molar-refractivity contribution is 7.07. The number of aromatic nitrogens is 2. The lowest BCUT2D eigenvalue weighted by Crippen LogP contribution is -2.19. The van der Waals surface area contributed by atoms with Gasteiger partial charge in [-0.2, -0.15) is 11.3 Å². The molecule has 0 bridgehead atoms. The third-order valence-electron chi connectivity index (χ3n) is 2.82. The van der Waals surface area contributed by atoms with E-state index in [2.05, 4.69) is 44.4 Å². The van der Waals surface area contributed by atoms with Crippen LogP contribution in [0.15, 0.2) is 22.9 Å². The molecule has 2 N–H and O–H groups in total. The second kappa shape index (κ2) is 7.21. The van der Waals surface area contributed by atoms with E-state index in [1.165, 1.54) is 5.56 Å². The van der Waals surface area contributed by atoms with Crippen LogP contribution in [0, 0.1) is 0 Å². The first-order valence-corrected chi connectivity index (χ1v) is 7.47. The maximum Gasteiger partial charge on any atom is 0.158 e. The highest BCUT2D eigenvalue weighted by Gasteiger charge is 2.08. The molecule has 1 unspecified atom stereocenters. The van der Waals surface area contributed by atoms with Gasteiger partial charge in [-0.25, -0.2) is 9.97 Å². The fourth-order valence-electron chi connectivity index (χ4n) is 1.96. The summed E-state index contributed by atoms with van der Waals surface area (Å²) in [7, 11) is 3.49. The second-order valence-electron chi connectivity index (χ2n) is 4.62. The summed E-state index contributed by atoms with van der Waals surface area (Å²) in [4.78, 5) is 8.79. The van der Waals surface area contributed by atoms with Crippen LogP contribution in [0.5, 0.6) is 0 Å². The summed E-state index contributed by atoms with van der Waals surface area (Å²) in [5.74, 6) is 2.28. The Labute approximate surface area is 123 Å². The minimum atomic E-state index is 0.305. The third-order valence-corrected chi connectivity index (χ3v) is 3.55. The number of nitrogens with one attached hydrogen (secondary N) is 2. The molecular weight excluding hydrogens is 272 g/mol. The summed E-state index contributed by atoms with van der Waals surface area (Å²) in [5, 5.41) is 10.7. The van der Waals surface area contributed by atoms with Gasteiger partial charge in [-0.05, 0) is 35.7 Å². The maximum absolute atomic E-state index is 5.09. The predicted octanol–water partition coefficient (Wildman–Crippen LogP) is 2.77. The molecule has 0 aromatic carbocycles. The molecule has 0 radical (unpaired) electrons. The van der Waals surface area contributed by atoms with Crippen LogP contribution in [0.1, 0.15) is 18.3 Å². The highest BCUT2D eigenvalue weighted by Crippen LogP contribution is 2.15. The van der Waals surface area contributed by atoms with Crippen molar-refractivity contribution < 1.29 is 4.74 Å². The van der Waals surface area contributed by atoms with Gasteiger partial charge in [0.2, 0.25) is 0 Å². The number of ether oxygens (including phenoxy) is 1. The molecule has 2 heterocycles. The van der Waals surface area contributed by atoms with Gasteiger partial charge in [-0.3, -0.25) is 0 Å². The fraction of sp³-hybridized carbons (Fsp3) is 0.429. The van der Waals surface area contributed by atoms with E-state index in [0.29, 0.717) is 18.5 Å². The summed E-state index contributed by atoms with van der Waals surface area (Å²) >= 11 is 1.72. The average molecular weight is 292 g/mol. The van der Waals surface area contributed by atoms with E-state index in [-0.39, 0.29) is 0 Å². The van der Waals surface area contributed by atoms with Crippen LogP contribution in [0.25, 0.3) is 0 Å². The van der Waals surface area contributed by atoms with Crippen LogP contribution in [0.4, 0.5) is 11.6 Å². The Bertz CT molecular complexity index is 530. The van der Waals surface area contributed by atoms with Gasteiger partial charge in [0.1, 0.15) is 18.2 Å². The lowest BCUT2D eigenvalue weighted by molar-refractivity contribution is 0.178. The first-order valence-electron chi connectivity index (χ1n) is 6.53. The smallest absolute Gasteiger partial charge is 0.158 e. The van der Waals surface area contributed by atoms with E-state index in [4.69, 9.17) is 4.74 Å². The zero-order chi connectivity index (χ0) is 14.4. The molecule has 2 aromatic heterocycles. The van der Waals surface area contributed by atoms with Crippen molar-refractivity contribution in [2.75, 3.05) is 24.8 Å². The Balaban J connectivity index is 2.05. The predicted molar refractivity (Wildman–Crippen MR) is 83.4 cm³/mol.